The lowest BCUT2D eigenvalue weighted by Gasteiger charge is -2.42. The van der Waals surface area contributed by atoms with Crippen LogP contribution < -0.4 is 14.2 Å². The third-order valence-corrected chi connectivity index (χ3v) is 9.38. The van der Waals surface area contributed by atoms with Crippen LogP contribution in [0.5, 0.6) is 17.2 Å². The van der Waals surface area contributed by atoms with E-state index >= 15 is 8.78 Å². The Bertz CT molecular complexity index is 1400. The number of methoxy groups -OCH3 is 3. The molecule has 46 heavy (non-hydrogen) atoms. The highest BCUT2D eigenvalue weighted by Crippen LogP contribution is 2.45. The molecule has 2 saturated heterocycles. The van der Waals surface area contributed by atoms with Crippen molar-refractivity contribution < 1.29 is 32.6 Å². The second kappa shape index (κ2) is 15.0. The second-order valence-corrected chi connectivity index (χ2v) is 12.3. The highest BCUT2D eigenvalue weighted by atomic mass is 19.3. The van der Waals surface area contributed by atoms with Crippen LogP contribution in [0.4, 0.5) is 8.78 Å². The predicted octanol–water partition coefficient (Wildman–Crippen LogP) is 6.67. The molecule has 2 aliphatic heterocycles. The number of nitrogens with zero attached hydrogens (tertiary/aromatic N) is 2. The molecular weight excluding hydrogens is 590 g/mol. The van der Waals surface area contributed by atoms with Crippen LogP contribution >= 0.6 is 0 Å². The van der Waals surface area contributed by atoms with Gasteiger partial charge < -0.3 is 24.0 Å². The molecule has 0 radical (unpaired) electrons. The lowest BCUT2D eigenvalue weighted by molar-refractivity contribution is -0.170. The number of fused-ring (bicyclic) bond motifs is 2. The van der Waals surface area contributed by atoms with Crippen molar-refractivity contribution in [2.75, 3.05) is 34.4 Å². The van der Waals surface area contributed by atoms with E-state index in [9.17, 15) is 9.59 Å². The molecule has 2 fully saturated rings. The number of carbonyl (C=O) groups excluding carboxylic acids is 2. The maximum atomic E-state index is 15.9. The topological polar surface area (TPSA) is 68.3 Å². The highest BCUT2D eigenvalue weighted by molar-refractivity contribution is 5.93. The van der Waals surface area contributed by atoms with E-state index in [1.54, 1.807) is 0 Å². The fraction of sp³-hybridized carbons (Fsp3) is 0.459. The first-order chi connectivity index (χ1) is 22.3. The number of rotatable bonds is 15. The predicted molar refractivity (Wildman–Crippen MR) is 172 cm³/mol. The van der Waals surface area contributed by atoms with Crippen LogP contribution in [0.3, 0.4) is 0 Å². The summed E-state index contributed by atoms with van der Waals surface area (Å²) in [4.78, 5) is 30.3. The molecule has 3 aromatic rings. The molecule has 2 amide bonds. The number of amides is 2. The molecule has 0 N–H and O–H groups in total. The highest BCUT2D eigenvalue weighted by Gasteiger charge is 2.55. The van der Waals surface area contributed by atoms with Crippen LogP contribution in [-0.4, -0.2) is 68.1 Å². The minimum absolute atomic E-state index is 0.0266. The minimum Gasteiger partial charge on any atom is -0.493 e. The summed E-state index contributed by atoms with van der Waals surface area (Å²) in [7, 11) is 4.04. The van der Waals surface area contributed by atoms with E-state index in [1.807, 2.05) is 41.3 Å². The fourth-order valence-electron chi connectivity index (χ4n) is 7.00. The number of benzene rings is 3. The molecule has 0 aromatic heterocycles. The fourth-order valence-corrected chi connectivity index (χ4v) is 7.00. The molecule has 246 valence electrons. The van der Waals surface area contributed by atoms with Crippen molar-refractivity contribution in [3.63, 3.8) is 0 Å². The molecule has 7 nitrogen and oxygen atoms in total. The molecule has 5 rings (SSSR count). The summed E-state index contributed by atoms with van der Waals surface area (Å²) >= 11 is 0. The lowest BCUT2D eigenvalue weighted by Crippen LogP contribution is -2.61. The van der Waals surface area contributed by atoms with Gasteiger partial charge in [-0.1, -0.05) is 60.7 Å². The van der Waals surface area contributed by atoms with Gasteiger partial charge in [-0.25, -0.2) is 0 Å². The van der Waals surface area contributed by atoms with Gasteiger partial charge in [0.15, 0.2) is 11.5 Å². The maximum absolute atomic E-state index is 15.9. The molecule has 2 aliphatic rings. The van der Waals surface area contributed by atoms with Crippen LogP contribution in [0, 0.1) is 5.92 Å². The van der Waals surface area contributed by atoms with Gasteiger partial charge in [0.05, 0.1) is 27.4 Å². The van der Waals surface area contributed by atoms with Gasteiger partial charge in [0, 0.05) is 18.7 Å². The number of carbonyl (C=O) groups is 2. The van der Waals surface area contributed by atoms with Gasteiger partial charge in [0.25, 0.3) is 5.91 Å². The summed E-state index contributed by atoms with van der Waals surface area (Å²) in [6, 6.07) is 21.6. The van der Waals surface area contributed by atoms with Gasteiger partial charge in [0.1, 0.15) is 6.04 Å². The third-order valence-electron chi connectivity index (χ3n) is 9.38. The van der Waals surface area contributed by atoms with Crippen molar-refractivity contribution in [3.8, 4) is 17.2 Å². The average molecular weight is 635 g/mol. The molecular formula is C37H44F2N2O5. The molecule has 9 heteroatoms. The Morgan fingerprint density at radius 2 is 1.39 bits per heavy atom. The molecule has 0 saturated carbocycles. The maximum Gasteiger partial charge on any atom is 0.350 e. The van der Waals surface area contributed by atoms with Gasteiger partial charge in [-0.05, 0) is 80.5 Å². The van der Waals surface area contributed by atoms with Gasteiger partial charge in [-0.3, -0.25) is 9.59 Å². The van der Waals surface area contributed by atoms with Crippen molar-refractivity contribution in [1.29, 1.82) is 0 Å². The van der Waals surface area contributed by atoms with Crippen molar-refractivity contribution >= 4 is 11.8 Å². The van der Waals surface area contributed by atoms with E-state index in [1.165, 1.54) is 32.5 Å². The summed E-state index contributed by atoms with van der Waals surface area (Å²) in [5, 5.41) is 0. The molecule has 2 atom stereocenters. The number of ether oxygens (including phenoxy) is 3. The number of hydrogen-bond donors (Lipinski definition) is 0. The van der Waals surface area contributed by atoms with E-state index in [4.69, 9.17) is 14.2 Å². The first kappa shape index (κ1) is 33.2. The number of aryl methyl sites for hydroxylation is 2. The van der Waals surface area contributed by atoms with Crippen molar-refractivity contribution in [3.05, 3.63) is 89.5 Å². The summed E-state index contributed by atoms with van der Waals surface area (Å²) in [5.41, 5.74) is 2.01. The Labute approximate surface area is 270 Å². The number of piperazine rings is 1. The summed E-state index contributed by atoms with van der Waals surface area (Å²) < 4.78 is 47.6. The standard InChI is InChI=1S/C37H44F2N2O5/c1-44-32-22-29(23-33(45-2)34(32)46-3)37(38,39)36(43)41-30-20-21-31(41)35(42)40(25-30)24-28(18-10-16-26-12-6-4-7-13-26)19-11-17-27-14-8-5-9-15-27/h4-9,12-15,22-23,28,30-31H,10-11,16-21,24-25H2,1-3H3. The van der Waals surface area contributed by atoms with Crippen molar-refractivity contribution in [2.24, 2.45) is 5.92 Å². The van der Waals surface area contributed by atoms with Gasteiger partial charge in [-0.2, -0.15) is 8.78 Å². The first-order valence-corrected chi connectivity index (χ1v) is 16.1. The Balaban J connectivity index is 1.28. The van der Waals surface area contributed by atoms with Crippen LogP contribution in [0.1, 0.15) is 55.2 Å². The SMILES string of the molecule is COc1cc(C(F)(F)C(=O)N2C3CCC2C(=O)N(CC(CCCc2ccccc2)CCCc2ccccc2)C3)cc(OC)c1OC. The van der Waals surface area contributed by atoms with Crippen molar-refractivity contribution in [1.82, 2.24) is 9.80 Å². The molecule has 2 unspecified atom stereocenters. The lowest BCUT2D eigenvalue weighted by atomic mass is 9.92. The number of likely N-dealkylation sites (tertiary alicyclic amines) is 1. The van der Waals surface area contributed by atoms with E-state index in [0.717, 1.165) is 55.6 Å². The van der Waals surface area contributed by atoms with Gasteiger partial charge in [0.2, 0.25) is 11.7 Å². The number of hydrogen-bond acceptors (Lipinski definition) is 5. The summed E-state index contributed by atoms with van der Waals surface area (Å²) in [6.45, 7) is 0.834. The molecule has 0 aliphatic carbocycles. The smallest absolute Gasteiger partial charge is 0.350 e. The number of alkyl halides is 2. The summed E-state index contributed by atoms with van der Waals surface area (Å²) in [5.74, 6) is -5.02. The van der Waals surface area contributed by atoms with Crippen molar-refractivity contribution in [2.45, 2.75) is 69.4 Å². The van der Waals surface area contributed by atoms with Crippen LogP contribution in [0.25, 0.3) is 0 Å². The first-order valence-electron chi connectivity index (χ1n) is 16.1. The van der Waals surface area contributed by atoms with E-state index in [-0.39, 0.29) is 35.6 Å². The Morgan fingerprint density at radius 1 is 0.848 bits per heavy atom. The monoisotopic (exact) mass is 634 g/mol. The van der Waals surface area contributed by atoms with E-state index in [2.05, 4.69) is 24.3 Å². The second-order valence-electron chi connectivity index (χ2n) is 12.3. The zero-order valence-electron chi connectivity index (χ0n) is 26.9. The summed E-state index contributed by atoms with van der Waals surface area (Å²) in [6.07, 6.45) is 6.75. The normalized spacial score (nSPS) is 17.8. The average Bonchev–Trinajstić information content (AvgIpc) is 3.43. The molecule has 0 spiro atoms. The molecule has 2 heterocycles. The quantitative estimate of drug-likeness (QED) is 0.187. The van der Waals surface area contributed by atoms with Gasteiger partial charge >= 0.3 is 5.92 Å². The van der Waals surface area contributed by atoms with Crippen LogP contribution in [-0.2, 0) is 28.4 Å². The zero-order chi connectivity index (χ0) is 32.7. The molecule has 3 aromatic carbocycles. The minimum atomic E-state index is -3.90. The van der Waals surface area contributed by atoms with Gasteiger partial charge in [-0.15, -0.1) is 0 Å². The van der Waals surface area contributed by atoms with E-state index < -0.39 is 29.5 Å². The largest absolute Gasteiger partial charge is 0.493 e. The van der Waals surface area contributed by atoms with Crippen LogP contribution in [0.15, 0.2) is 72.8 Å². The molecule has 2 bridgehead atoms. The zero-order valence-corrected chi connectivity index (χ0v) is 26.9. The Hall–Kier alpha value is -4.14. The third kappa shape index (κ3) is 7.29. The Kier molecular flexibility index (Phi) is 10.8. The Morgan fingerprint density at radius 3 is 1.89 bits per heavy atom. The number of halogens is 2. The van der Waals surface area contributed by atoms with E-state index in [0.29, 0.717) is 19.4 Å². The van der Waals surface area contributed by atoms with Crippen LogP contribution in [0.2, 0.25) is 0 Å².